The molecule has 1 aromatic carbocycles. The van der Waals surface area contributed by atoms with Crippen LogP contribution < -0.4 is 9.47 Å². The topological polar surface area (TPSA) is 21.7 Å². The molecule has 1 unspecified atom stereocenters. The van der Waals surface area contributed by atoms with Gasteiger partial charge in [0, 0.05) is 0 Å². The molecule has 1 aromatic rings. The Balaban J connectivity index is 2.27. The molecular weight excluding hydrogens is 258 g/mol. The maximum atomic E-state index is 5.53. The van der Waals surface area contributed by atoms with E-state index in [1.54, 1.807) is 0 Å². The third kappa shape index (κ3) is 2.26. The highest BCUT2D eigenvalue weighted by Gasteiger charge is 2.15. The lowest BCUT2D eigenvalue weighted by Crippen LogP contribution is -2.17. The molecule has 0 N–H and O–H groups in total. The summed E-state index contributed by atoms with van der Waals surface area (Å²) in [6, 6.07) is 6.03. The molecule has 4 heteroatoms. The molecular formula is C11H14BrNO2. The first-order valence-electron chi connectivity index (χ1n) is 4.88. The quantitative estimate of drug-likeness (QED) is 0.609. The van der Waals surface area contributed by atoms with Crippen molar-refractivity contribution in [1.82, 2.24) is 4.90 Å². The summed E-state index contributed by atoms with van der Waals surface area (Å²) >= 11 is 3.61. The molecule has 1 aliphatic heterocycles. The van der Waals surface area contributed by atoms with E-state index in [0.29, 0.717) is 13.2 Å². The maximum Gasteiger partial charge on any atom is 0.161 e. The summed E-state index contributed by atoms with van der Waals surface area (Å²) in [5, 5.41) is 0. The van der Waals surface area contributed by atoms with Crippen LogP contribution in [0.2, 0.25) is 0 Å². The summed E-state index contributed by atoms with van der Waals surface area (Å²) in [5.74, 6) is 1.67. The highest BCUT2D eigenvalue weighted by molar-refractivity contribution is 9.09. The predicted octanol–water partition coefficient (Wildman–Crippen LogP) is 2.41. The van der Waals surface area contributed by atoms with Gasteiger partial charge in [0.2, 0.25) is 0 Å². The van der Waals surface area contributed by atoms with Crippen LogP contribution >= 0.6 is 15.9 Å². The van der Waals surface area contributed by atoms with Crippen LogP contribution in [-0.2, 0) is 0 Å². The summed E-state index contributed by atoms with van der Waals surface area (Å²) in [5.41, 5.74) is 1.17. The second-order valence-electron chi connectivity index (χ2n) is 3.70. The zero-order chi connectivity index (χ0) is 10.8. The number of ether oxygens (including phenoxy) is 2. The standard InChI is InChI=1S/C11H14BrNO2/c1-13(2)11(12)8-3-4-9-10(7-8)15-6-5-14-9/h3-4,7,11H,5-6H2,1-2H3. The van der Waals surface area contributed by atoms with Gasteiger partial charge in [0.25, 0.3) is 0 Å². The SMILES string of the molecule is CN(C)C(Br)c1ccc2c(c1)OCCO2. The molecule has 3 nitrogen and oxygen atoms in total. The molecule has 0 radical (unpaired) electrons. The van der Waals surface area contributed by atoms with Gasteiger partial charge in [0.1, 0.15) is 13.2 Å². The fraction of sp³-hybridized carbons (Fsp3) is 0.455. The highest BCUT2D eigenvalue weighted by atomic mass is 79.9. The van der Waals surface area contributed by atoms with E-state index in [1.807, 2.05) is 32.3 Å². The average molecular weight is 272 g/mol. The number of alkyl halides is 1. The smallest absolute Gasteiger partial charge is 0.161 e. The van der Waals surface area contributed by atoms with E-state index in [-0.39, 0.29) is 4.95 Å². The van der Waals surface area contributed by atoms with Crippen molar-refractivity contribution in [3.05, 3.63) is 23.8 Å². The molecule has 1 atom stereocenters. The molecule has 1 heterocycles. The minimum absolute atomic E-state index is 0.202. The molecule has 1 aliphatic rings. The molecule has 0 saturated carbocycles. The molecule has 0 spiro atoms. The Bertz CT molecular complexity index is 354. The number of hydrogen-bond acceptors (Lipinski definition) is 3. The zero-order valence-corrected chi connectivity index (χ0v) is 10.5. The van der Waals surface area contributed by atoms with Crippen LogP contribution in [0, 0.1) is 0 Å². The molecule has 0 bridgehead atoms. The Hall–Kier alpha value is -0.740. The van der Waals surface area contributed by atoms with Crippen LogP contribution in [0.3, 0.4) is 0 Å². The lowest BCUT2D eigenvalue weighted by atomic mass is 10.2. The van der Waals surface area contributed by atoms with E-state index in [4.69, 9.17) is 9.47 Å². The van der Waals surface area contributed by atoms with Crippen LogP contribution in [0.1, 0.15) is 10.5 Å². The van der Waals surface area contributed by atoms with Crippen LogP contribution in [-0.4, -0.2) is 32.2 Å². The normalized spacial score (nSPS) is 16.5. The van der Waals surface area contributed by atoms with E-state index >= 15 is 0 Å². The zero-order valence-electron chi connectivity index (χ0n) is 8.87. The van der Waals surface area contributed by atoms with E-state index in [0.717, 1.165) is 11.5 Å². The van der Waals surface area contributed by atoms with Crippen molar-refractivity contribution in [1.29, 1.82) is 0 Å². The van der Waals surface area contributed by atoms with Crippen molar-refractivity contribution in [3.8, 4) is 11.5 Å². The van der Waals surface area contributed by atoms with Gasteiger partial charge in [-0.15, -0.1) is 0 Å². The third-order valence-corrected chi connectivity index (χ3v) is 3.64. The Morgan fingerprint density at radius 3 is 2.53 bits per heavy atom. The van der Waals surface area contributed by atoms with Gasteiger partial charge >= 0.3 is 0 Å². The summed E-state index contributed by atoms with van der Waals surface area (Å²) in [6.45, 7) is 1.27. The predicted molar refractivity (Wildman–Crippen MR) is 62.8 cm³/mol. The van der Waals surface area contributed by atoms with Gasteiger partial charge in [0.15, 0.2) is 11.5 Å². The summed E-state index contributed by atoms with van der Waals surface area (Å²) in [7, 11) is 4.05. The first-order chi connectivity index (χ1) is 7.18. The van der Waals surface area contributed by atoms with Gasteiger partial charge in [-0.2, -0.15) is 0 Å². The fourth-order valence-corrected chi connectivity index (χ4v) is 1.79. The molecule has 0 aliphatic carbocycles. The van der Waals surface area contributed by atoms with Gasteiger partial charge in [-0.05, 0) is 31.8 Å². The van der Waals surface area contributed by atoms with E-state index in [2.05, 4.69) is 20.8 Å². The van der Waals surface area contributed by atoms with Crippen molar-refractivity contribution < 1.29 is 9.47 Å². The minimum atomic E-state index is 0.202. The monoisotopic (exact) mass is 271 g/mol. The Kier molecular flexibility index (Phi) is 3.17. The summed E-state index contributed by atoms with van der Waals surface area (Å²) < 4.78 is 11.0. The van der Waals surface area contributed by atoms with Crippen LogP contribution in [0.4, 0.5) is 0 Å². The Morgan fingerprint density at radius 1 is 1.20 bits per heavy atom. The van der Waals surface area contributed by atoms with Crippen molar-refractivity contribution in [2.45, 2.75) is 4.95 Å². The number of fused-ring (bicyclic) bond motifs is 1. The molecule has 0 aromatic heterocycles. The molecule has 0 amide bonds. The second kappa shape index (κ2) is 4.41. The van der Waals surface area contributed by atoms with Crippen molar-refractivity contribution in [2.24, 2.45) is 0 Å². The van der Waals surface area contributed by atoms with Gasteiger partial charge in [-0.3, -0.25) is 4.90 Å². The molecule has 15 heavy (non-hydrogen) atoms. The van der Waals surface area contributed by atoms with E-state index < -0.39 is 0 Å². The molecule has 0 fully saturated rings. The largest absolute Gasteiger partial charge is 0.486 e. The molecule has 2 rings (SSSR count). The molecule has 0 saturated heterocycles. The fourth-order valence-electron chi connectivity index (χ4n) is 1.51. The number of rotatable bonds is 2. The van der Waals surface area contributed by atoms with Crippen LogP contribution in [0.15, 0.2) is 18.2 Å². The van der Waals surface area contributed by atoms with Gasteiger partial charge in [-0.1, -0.05) is 22.0 Å². The lowest BCUT2D eigenvalue weighted by molar-refractivity contribution is 0.171. The number of nitrogens with zero attached hydrogens (tertiary/aromatic N) is 1. The number of benzene rings is 1. The number of hydrogen-bond donors (Lipinski definition) is 0. The van der Waals surface area contributed by atoms with Gasteiger partial charge in [0.05, 0.1) is 4.95 Å². The lowest BCUT2D eigenvalue weighted by Gasteiger charge is -2.22. The van der Waals surface area contributed by atoms with Crippen molar-refractivity contribution in [2.75, 3.05) is 27.3 Å². The first-order valence-corrected chi connectivity index (χ1v) is 5.80. The highest BCUT2D eigenvalue weighted by Crippen LogP contribution is 2.35. The maximum absolute atomic E-state index is 5.53. The van der Waals surface area contributed by atoms with E-state index in [9.17, 15) is 0 Å². The van der Waals surface area contributed by atoms with Crippen molar-refractivity contribution in [3.63, 3.8) is 0 Å². The van der Waals surface area contributed by atoms with Crippen LogP contribution in [0.5, 0.6) is 11.5 Å². The number of halogens is 1. The Labute approximate surface area is 98.1 Å². The van der Waals surface area contributed by atoms with Gasteiger partial charge in [-0.25, -0.2) is 0 Å². The summed E-state index contributed by atoms with van der Waals surface area (Å²) in [4.78, 5) is 2.29. The Morgan fingerprint density at radius 2 is 1.87 bits per heavy atom. The van der Waals surface area contributed by atoms with Crippen LogP contribution in [0.25, 0.3) is 0 Å². The average Bonchev–Trinajstić information content (AvgIpc) is 2.27. The van der Waals surface area contributed by atoms with Crippen molar-refractivity contribution >= 4 is 15.9 Å². The van der Waals surface area contributed by atoms with Gasteiger partial charge < -0.3 is 9.47 Å². The first kappa shape index (κ1) is 10.8. The third-order valence-electron chi connectivity index (χ3n) is 2.29. The van der Waals surface area contributed by atoms with E-state index in [1.165, 1.54) is 5.56 Å². The minimum Gasteiger partial charge on any atom is -0.486 e. The summed E-state index contributed by atoms with van der Waals surface area (Å²) in [6.07, 6.45) is 0. The molecule has 82 valence electrons. The second-order valence-corrected chi connectivity index (χ2v) is 4.57.